The number of benzene rings is 6. The normalized spacial score (nSPS) is 12.6. The number of furan rings is 2. The number of nitrogens with zero attached hydrogens (tertiary/aromatic N) is 3. The number of para-hydroxylation sites is 1. The molecule has 4 heterocycles. The highest BCUT2D eigenvalue weighted by atomic mass is 16.3. The van der Waals surface area contributed by atoms with Gasteiger partial charge >= 0.3 is 0 Å². The number of nitrogens with one attached hydrogen (secondary N) is 1. The molecule has 6 nitrogen and oxygen atoms in total. The smallest absolute Gasteiger partial charge is 0.164 e. The van der Waals surface area contributed by atoms with Crippen molar-refractivity contribution in [1.82, 2.24) is 20.3 Å². The Morgan fingerprint density at radius 3 is 2.02 bits per heavy atom. The van der Waals surface area contributed by atoms with Gasteiger partial charge in [-0.2, -0.15) is 0 Å². The molecule has 6 heteroatoms. The van der Waals surface area contributed by atoms with E-state index in [0.29, 0.717) is 17.5 Å². The topological polar surface area (TPSA) is 77.0 Å². The lowest BCUT2D eigenvalue weighted by Gasteiger charge is -2.12. The van der Waals surface area contributed by atoms with Crippen LogP contribution >= 0.6 is 0 Å². The van der Waals surface area contributed by atoms with Gasteiger partial charge in [0.2, 0.25) is 0 Å². The molecule has 0 bridgehead atoms. The largest absolute Gasteiger partial charge is 0.456 e. The lowest BCUT2D eigenvalue weighted by atomic mass is 9.96. The number of aromatic nitrogens is 3. The highest BCUT2D eigenvalue weighted by Crippen LogP contribution is 2.43. The van der Waals surface area contributed by atoms with E-state index in [1.807, 2.05) is 72.9 Å². The van der Waals surface area contributed by atoms with Crippen molar-refractivity contribution in [3.63, 3.8) is 0 Å². The molecule has 10 rings (SSSR count). The predicted molar refractivity (Wildman–Crippen MR) is 192 cm³/mol. The van der Waals surface area contributed by atoms with Crippen molar-refractivity contribution in [3.05, 3.63) is 145 Å². The SMILES string of the molecule is C1=Cc2cc3oc4c(-c5ccccc5)ccc(-c5nc(-c6ccccc6)nc(-c6cccc7oc8ccccc8c67)n5)c4c3cc2CN1. The van der Waals surface area contributed by atoms with Crippen LogP contribution in [-0.4, -0.2) is 15.0 Å². The molecule has 226 valence electrons. The van der Waals surface area contributed by atoms with Crippen LogP contribution in [0.15, 0.2) is 142 Å². The van der Waals surface area contributed by atoms with Gasteiger partial charge in [0.15, 0.2) is 17.5 Å². The second kappa shape index (κ2) is 10.5. The zero-order valence-electron chi connectivity index (χ0n) is 25.6. The number of fused-ring (bicyclic) bond motifs is 7. The van der Waals surface area contributed by atoms with E-state index in [-0.39, 0.29) is 0 Å². The number of hydrogen-bond donors (Lipinski definition) is 1. The van der Waals surface area contributed by atoms with Crippen LogP contribution < -0.4 is 5.32 Å². The van der Waals surface area contributed by atoms with Gasteiger partial charge in [-0.05, 0) is 65.4 Å². The third-order valence-electron chi connectivity index (χ3n) is 9.19. The Balaban J connectivity index is 1.29. The monoisotopic (exact) mass is 618 g/mol. The van der Waals surface area contributed by atoms with Gasteiger partial charge < -0.3 is 14.2 Å². The Morgan fingerprint density at radius 2 is 1.19 bits per heavy atom. The standard InChI is InChI=1S/C42H26N4O2/c1-3-10-25(11-4-1)29-18-19-32(38-33-22-28-24-43-21-20-27(28)23-36(33)48-39(29)38)42-45-40(26-12-5-2-6-13-26)44-41(46-42)31-15-9-17-35-37(31)30-14-7-8-16-34(30)47-35/h1-23,43H,24H2. The Kier molecular flexibility index (Phi) is 5.84. The van der Waals surface area contributed by atoms with E-state index in [1.54, 1.807) is 0 Å². The van der Waals surface area contributed by atoms with Crippen LogP contribution in [0, 0.1) is 0 Å². The van der Waals surface area contributed by atoms with Gasteiger partial charge in [-0.1, -0.05) is 91.0 Å². The highest BCUT2D eigenvalue weighted by molar-refractivity contribution is 6.16. The van der Waals surface area contributed by atoms with Crippen molar-refractivity contribution in [2.24, 2.45) is 0 Å². The van der Waals surface area contributed by atoms with Crippen LogP contribution in [0.1, 0.15) is 11.1 Å². The first kappa shape index (κ1) is 26.7. The highest BCUT2D eigenvalue weighted by Gasteiger charge is 2.23. The van der Waals surface area contributed by atoms with Crippen molar-refractivity contribution in [1.29, 1.82) is 0 Å². The molecule has 1 N–H and O–H groups in total. The Labute approximate surface area is 275 Å². The second-order valence-corrected chi connectivity index (χ2v) is 12.0. The molecule has 48 heavy (non-hydrogen) atoms. The maximum Gasteiger partial charge on any atom is 0.164 e. The van der Waals surface area contributed by atoms with Crippen LogP contribution in [0.5, 0.6) is 0 Å². The molecule has 0 unspecified atom stereocenters. The molecule has 0 spiro atoms. The van der Waals surface area contributed by atoms with Crippen molar-refractivity contribution < 1.29 is 8.83 Å². The maximum atomic E-state index is 6.75. The molecule has 0 saturated carbocycles. The minimum atomic E-state index is 0.576. The summed E-state index contributed by atoms with van der Waals surface area (Å²) in [4.78, 5) is 15.5. The molecule has 0 saturated heterocycles. The average Bonchev–Trinajstić information content (AvgIpc) is 3.72. The molecule has 1 aliphatic rings. The Morgan fingerprint density at radius 1 is 0.500 bits per heavy atom. The van der Waals surface area contributed by atoms with Gasteiger partial charge in [0.1, 0.15) is 22.3 Å². The molecule has 0 fully saturated rings. The van der Waals surface area contributed by atoms with Gasteiger partial charge in [0, 0.05) is 50.3 Å². The van der Waals surface area contributed by atoms with Gasteiger partial charge in [-0.25, -0.2) is 15.0 Å². The minimum absolute atomic E-state index is 0.576. The summed E-state index contributed by atoms with van der Waals surface area (Å²) in [5.74, 6) is 1.75. The van der Waals surface area contributed by atoms with Crippen molar-refractivity contribution in [2.75, 3.05) is 0 Å². The average molecular weight is 619 g/mol. The zero-order valence-corrected chi connectivity index (χ0v) is 25.6. The van der Waals surface area contributed by atoms with Crippen LogP contribution in [0.4, 0.5) is 0 Å². The zero-order chi connectivity index (χ0) is 31.6. The van der Waals surface area contributed by atoms with E-state index >= 15 is 0 Å². The van der Waals surface area contributed by atoms with E-state index in [0.717, 1.165) is 83.8 Å². The molecule has 3 aromatic heterocycles. The summed E-state index contributed by atoms with van der Waals surface area (Å²) < 4.78 is 13.0. The summed E-state index contributed by atoms with van der Waals surface area (Å²) in [5.41, 5.74) is 10.4. The quantitative estimate of drug-likeness (QED) is 0.211. The lowest BCUT2D eigenvalue weighted by molar-refractivity contribution is 0.669. The molecular weight excluding hydrogens is 592 g/mol. The van der Waals surface area contributed by atoms with E-state index in [1.165, 1.54) is 5.56 Å². The fourth-order valence-corrected chi connectivity index (χ4v) is 6.94. The van der Waals surface area contributed by atoms with Gasteiger partial charge in [0.05, 0.1) is 0 Å². The fourth-order valence-electron chi connectivity index (χ4n) is 6.94. The Bertz CT molecular complexity index is 2730. The first-order chi connectivity index (χ1) is 23.8. The van der Waals surface area contributed by atoms with Crippen LogP contribution in [0.3, 0.4) is 0 Å². The summed E-state index contributed by atoms with van der Waals surface area (Å²) in [6, 6.07) is 43.2. The van der Waals surface area contributed by atoms with Gasteiger partial charge in [-0.3, -0.25) is 0 Å². The fraction of sp³-hybridized carbons (Fsp3) is 0.0238. The van der Waals surface area contributed by atoms with Crippen molar-refractivity contribution >= 4 is 50.0 Å². The Hall–Kier alpha value is -6.53. The number of hydrogen-bond acceptors (Lipinski definition) is 6. The van der Waals surface area contributed by atoms with Crippen LogP contribution in [0.2, 0.25) is 0 Å². The van der Waals surface area contributed by atoms with E-state index < -0.39 is 0 Å². The molecule has 1 aliphatic heterocycles. The molecule has 0 atom stereocenters. The van der Waals surface area contributed by atoms with Crippen LogP contribution in [0.25, 0.3) is 95.2 Å². The summed E-state index contributed by atoms with van der Waals surface area (Å²) in [6.07, 6.45) is 4.08. The molecule has 0 radical (unpaired) electrons. The molecule has 9 aromatic rings. The van der Waals surface area contributed by atoms with Gasteiger partial charge in [-0.15, -0.1) is 0 Å². The first-order valence-corrected chi connectivity index (χ1v) is 16.0. The second-order valence-electron chi connectivity index (χ2n) is 12.0. The summed E-state index contributed by atoms with van der Waals surface area (Å²) >= 11 is 0. The van der Waals surface area contributed by atoms with E-state index in [9.17, 15) is 0 Å². The summed E-state index contributed by atoms with van der Waals surface area (Å²) in [7, 11) is 0. The lowest BCUT2D eigenvalue weighted by Crippen LogP contribution is -2.09. The third kappa shape index (κ3) is 4.16. The number of rotatable bonds is 4. The maximum absolute atomic E-state index is 6.75. The van der Waals surface area contributed by atoms with E-state index in [2.05, 4.69) is 72.1 Å². The molecule has 6 aromatic carbocycles. The molecule has 0 aliphatic carbocycles. The predicted octanol–water partition coefficient (Wildman–Crippen LogP) is 10.4. The van der Waals surface area contributed by atoms with Crippen molar-refractivity contribution in [3.8, 4) is 45.3 Å². The molecular formula is C42H26N4O2. The van der Waals surface area contributed by atoms with Crippen molar-refractivity contribution in [2.45, 2.75) is 6.54 Å². The van der Waals surface area contributed by atoms with E-state index in [4.69, 9.17) is 23.8 Å². The first-order valence-electron chi connectivity index (χ1n) is 16.0. The molecule has 0 amide bonds. The summed E-state index contributed by atoms with van der Waals surface area (Å²) in [5, 5.41) is 7.36. The third-order valence-corrected chi connectivity index (χ3v) is 9.19. The van der Waals surface area contributed by atoms with Crippen LogP contribution in [-0.2, 0) is 6.54 Å². The van der Waals surface area contributed by atoms with Gasteiger partial charge in [0.25, 0.3) is 0 Å². The summed E-state index contributed by atoms with van der Waals surface area (Å²) in [6.45, 7) is 0.749. The minimum Gasteiger partial charge on any atom is -0.456 e.